The molecule has 0 saturated heterocycles. The van der Waals surface area contributed by atoms with Crippen LogP contribution in [0.3, 0.4) is 0 Å². The van der Waals surface area contributed by atoms with E-state index in [0.717, 1.165) is 23.1 Å². The minimum absolute atomic E-state index is 0.0374. The maximum Gasteiger partial charge on any atom is 0.410 e. The summed E-state index contributed by atoms with van der Waals surface area (Å²) in [4.78, 5) is 25.5. The second-order valence-electron chi connectivity index (χ2n) is 6.57. The highest BCUT2D eigenvalue weighted by molar-refractivity contribution is 5.94. The summed E-state index contributed by atoms with van der Waals surface area (Å²) < 4.78 is 5.46. The Labute approximate surface area is 126 Å². The molecule has 1 aliphatic heterocycles. The first-order valence-electron chi connectivity index (χ1n) is 7.32. The number of hydrogen-bond acceptors (Lipinski definition) is 3. The van der Waals surface area contributed by atoms with E-state index in [1.807, 2.05) is 45.9 Å². The first-order valence-corrected chi connectivity index (χ1v) is 7.32. The van der Waals surface area contributed by atoms with Crippen LogP contribution in [0.1, 0.15) is 62.1 Å². The third kappa shape index (κ3) is 3.43. The van der Waals surface area contributed by atoms with Gasteiger partial charge < -0.3 is 9.64 Å². The van der Waals surface area contributed by atoms with Crippen molar-refractivity contribution < 1.29 is 14.3 Å². The van der Waals surface area contributed by atoms with Crippen LogP contribution in [0.15, 0.2) is 18.2 Å². The lowest BCUT2D eigenvalue weighted by molar-refractivity contribution is 0.0159. The van der Waals surface area contributed by atoms with E-state index in [2.05, 4.69) is 0 Å². The van der Waals surface area contributed by atoms with E-state index in [9.17, 15) is 9.59 Å². The van der Waals surface area contributed by atoms with E-state index in [1.54, 1.807) is 11.8 Å². The Kier molecular flexibility index (Phi) is 4.08. The fourth-order valence-corrected chi connectivity index (χ4v) is 2.62. The van der Waals surface area contributed by atoms with Gasteiger partial charge in [0, 0.05) is 12.1 Å². The highest BCUT2D eigenvalue weighted by Crippen LogP contribution is 2.31. The van der Waals surface area contributed by atoms with Gasteiger partial charge in [0.15, 0.2) is 5.78 Å². The molecule has 114 valence electrons. The van der Waals surface area contributed by atoms with Crippen molar-refractivity contribution in [2.75, 3.05) is 6.54 Å². The number of Topliss-reactive ketones (excluding diaryl/α,β-unsaturated/α-hetero) is 1. The first-order chi connectivity index (χ1) is 9.69. The summed E-state index contributed by atoms with van der Waals surface area (Å²) in [5.41, 5.74) is 2.48. The van der Waals surface area contributed by atoms with E-state index in [4.69, 9.17) is 4.74 Å². The SMILES string of the molecule is CC(=O)c1ccc2c(c1)CCN(C(=O)OC(C)(C)C)C2C. The molecular formula is C17H23NO3. The third-order valence-electron chi connectivity index (χ3n) is 3.72. The van der Waals surface area contributed by atoms with Gasteiger partial charge >= 0.3 is 6.09 Å². The maximum absolute atomic E-state index is 12.3. The van der Waals surface area contributed by atoms with Gasteiger partial charge in [-0.1, -0.05) is 12.1 Å². The van der Waals surface area contributed by atoms with Crippen molar-refractivity contribution in [2.45, 2.75) is 52.7 Å². The van der Waals surface area contributed by atoms with Gasteiger partial charge in [-0.05, 0) is 58.2 Å². The minimum Gasteiger partial charge on any atom is -0.444 e. The van der Waals surface area contributed by atoms with Gasteiger partial charge in [-0.15, -0.1) is 0 Å². The van der Waals surface area contributed by atoms with Crippen molar-refractivity contribution in [3.05, 3.63) is 34.9 Å². The van der Waals surface area contributed by atoms with Crippen LogP contribution in [0.4, 0.5) is 4.79 Å². The van der Waals surface area contributed by atoms with Crippen molar-refractivity contribution >= 4 is 11.9 Å². The molecule has 1 aromatic carbocycles. The van der Waals surface area contributed by atoms with E-state index in [0.29, 0.717) is 6.54 Å². The topological polar surface area (TPSA) is 46.6 Å². The predicted octanol–water partition coefficient (Wildman–Crippen LogP) is 3.74. The Bertz CT molecular complexity index is 572. The van der Waals surface area contributed by atoms with Gasteiger partial charge in [-0.3, -0.25) is 4.79 Å². The smallest absolute Gasteiger partial charge is 0.410 e. The predicted molar refractivity (Wildman–Crippen MR) is 81.5 cm³/mol. The Morgan fingerprint density at radius 3 is 2.52 bits per heavy atom. The molecule has 0 aromatic heterocycles. The van der Waals surface area contributed by atoms with Gasteiger partial charge in [0.2, 0.25) is 0 Å². The molecular weight excluding hydrogens is 266 g/mol. The van der Waals surface area contributed by atoms with Gasteiger partial charge in [-0.25, -0.2) is 4.79 Å². The fourth-order valence-electron chi connectivity index (χ4n) is 2.62. The molecule has 1 aliphatic rings. The van der Waals surface area contributed by atoms with Crippen molar-refractivity contribution in [2.24, 2.45) is 0 Å². The molecule has 4 heteroatoms. The van der Waals surface area contributed by atoms with Crippen LogP contribution in [0, 0.1) is 0 Å². The summed E-state index contributed by atoms with van der Waals surface area (Å²) in [5, 5.41) is 0. The Morgan fingerprint density at radius 2 is 1.95 bits per heavy atom. The molecule has 1 atom stereocenters. The summed E-state index contributed by atoms with van der Waals surface area (Å²) in [6.07, 6.45) is 0.469. The monoisotopic (exact) mass is 289 g/mol. The zero-order chi connectivity index (χ0) is 15.8. The van der Waals surface area contributed by atoms with Crippen LogP contribution in [0.5, 0.6) is 0 Å². The lowest BCUT2D eigenvalue weighted by Crippen LogP contribution is -2.42. The molecule has 0 fully saturated rings. The van der Waals surface area contributed by atoms with Crippen LogP contribution in [-0.2, 0) is 11.2 Å². The Balaban J connectivity index is 2.23. The van der Waals surface area contributed by atoms with Gasteiger partial charge in [0.1, 0.15) is 5.60 Å². The number of benzene rings is 1. The zero-order valence-electron chi connectivity index (χ0n) is 13.4. The molecule has 4 nitrogen and oxygen atoms in total. The van der Waals surface area contributed by atoms with Crippen LogP contribution in [0.2, 0.25) is 0 Å². The average molecular weight is 289 g/mol. The van der Waals surface area contributed by atoms with Crippen LogP contribution in [-0.4, -0.2) is 28.9 Å². The van der Waals surface area contributed by atoms with E-state index in [-0.39, 0.29) is 17.9 Å². The van der Waals surface area contributed by atoms with Crippen LogP contribution in [0.25, 0.3) is 0 Å². The molecule has 0 radical (unpaired) electrons. The van der Waals surface area contributed by atoms with E-state index in [1.165, 1.54) is 0 Å². The summed E-state index contributed by atoms with van der Waals surface area (Å²) in [6, 6.07) is 5.69. The molecule has 0 spiro atoms. The Morgan fingerprint density at radius 1 is 1.29 bits per heavy atom. The molecule has 0 aliphatic carbocycles. The van der Waals surface area contributed by atoms with Gasteiger partial charge in [0.25, 0.3) is 0 Å². The number of fused-ring (bicyclic) bond motifs is 1. The summed E-state index contributed by atoms with van der Waals surface area (Å²) >= 11 is 0. The number of amides is 1. The van der Waals surface area contributed by atoms with Crippen LogP contribution >= 0.6 is 0 Å². The summed E-state index contributed by atoms with van der Waals surface area (Å²) in [6.45, 7) is 9.78. The molecule has 0 saturated carbocycles. The molecule has 2 rings (SSSR count). The quantitative estimate of drug-likeness (QED) is 0.740. The van der Waals surface area contributed by atoms with Crippen LogP contribution < -0.4 is 0 Å². The van der Waals surface area contributed by atoms with Crippen molar-refractivity contribution in [1.29, 1.82) is 0 Å². The average Bonchev–Trinajstić information content (AvgIpc) is 2.36. The number of nitrogens with zero attached hydrogens (tertiary/aromatic N) is 1. The highest BCUT2D eigenvalue weighted by atomic mass is 16.6. The fraction of sp³-hybridized carbons (Fsp3) is 0.529. The van der Waals surface area contributed by atoms with Gasteiger partial charge in [-0.2, -0.15) is 0 Å². The molecule has 0 bridgehead atoms. The molecule has 1 heterocycles. The highest BCUT2D eigenvalue weighted by Gasteiger charge is 2.31. The maximum atomic E-state index is 12.3. The standard InChI is InChI=1S/C17H23NO3/c1-11-15-7-6-13(12(2)19)10-14(15)8-9-18(11)16(20)21-17(3,4)5/h6-7,10-11H,8-9H2,1-5H3. The third-order valence-corrected chi connectivity index (χ3v) is 3.72. The van der Waals surface area contributed by atoms with Gasteiger partial charge in [0.05, 0.1) is 6.04 Å². The van der Waals surface area contributed by atoms with E-state index >= 15 is 0 Å². The van der Waals surface area contributed by atoms with Crippen molar-refractivity contribution in [3.8, 4) is 0 Å². The lowest BCUT2D eigenvalue weighted by atomic mass is 9.91. The molecule has 1 unspecified atom stereocenters. The second kappa shape index (κ2) is 5.51. The lowest BCUT2D eigenvalue weighted by Gasteiger charge is -2.36. The summed E-state index contributed by atoms with van der Waals surface area (Å²) in [5.74, 6) is 0.0695. The zero-order valence-corrected chi connectivity index (χ0v) is 13.4. The minimum atomic E-state index is -0.491. The van der Waals surface area contributed by atoms with Crippen molar-refractivity contribution in [3.63, 3.8) is 0 Å². The summed E-state index contributed by atoms with van der Waals surface area (Å²) in [7, 11) is 0. The molecule has 21 heavy (non-hydrogen) atoms. The second-order valence-corrected chi connectivity index (χ2v) is 6.57. The number of ether oxygens (including phenoxy) is 1. The number of rotatable bonds is 1. The van der Waals surface area contributed by atoms with Crippen molar-refractivity contribution in [1.82, 2.24) is 4.90 Å². The molecule has 1 amide bonds. The Hall–Kier alpha value is -1.84. The normalized spacial score (nSPS) is 18.1. The largest absolute Gasteiger partial charge is 0.444 e. The number of carbonyl (C=O) groups is 2. The molecule has 0 N–H and O–H groups in total. The molecule has 1 aromatic rings. The van der Waals surface area contributed by atoms with E-state index < -0.39 is 5.60 Å². The number of carbonyl (C=O) groups excluding carboxylic acids is 2. The first kappa shape index (κ1) is 15.5. The number of hydrogen-bond donors (Lipinski definition) is 0. The number of ketones is 1.